The van der Waals surface area contributed by atoms with Crippen molar-refractivity contribution >= 4 is 5.91 Å². The van der Waals surface area contributed by atoms with Crippen LogP contribution in [0.4, 0.5) is 0 Å². The molecule has 0 saturated heterocycles. The van der Waals surface area contributed by atoms with Crippen molar-refractivity contribution in [1.82, 2.24) is 15.5 Å². The molecule has 1 atom stereocenters. The average molecular weight is 425 g/mol. The molecule has 0 aliphatic carbocycles. The molecule has 0 aliphatic heterocycles. The van der Waals surface area contributed by atoms with Gasteiger partial charge in [0.05, 0.1) is 18.3 Å². The molecule has 31 heavy (non-hydrogen) atoms. The second kappa shape index (κ2) is 10.7. The molecule has 1 amide bonds. The number of nitrogens with zero attached hydrogens (tertiary/aromatic N) is 2. The van der Waals surface area contributed by atoms with Crippen molar-refractivity contribution in [2.75, 3.05) is 13.2 Å². The molecular formula is C23H28N4O4. The minimum absolute atomic E-state index is 0.139. The van der Waals surface area contributed by atoms with Gasteiger partial charge < -0.3 is 25.3 Å². The zero-order valence-electron chi connectivity index (χ0n) is 17.8. The highest BCUT2D eigenvalue weighted by Gasteiger charge is 2.17. The number of nitrogens with one attached hydrogen (secondary N) is 1. The lowest BCUT2D eigenvalue weighted by Crippen LogP contribution is -2.32. The van der Waals surface area contributed by atoms with Crippen LogP contribution in [0.1, 0.15) is 40.7 Å². The number of aliphatic hydroxyl groups is 1. The molecule has 1 aromatic heterocycles. The van der Waals surface area contributed by atoms with Crippen LogP contribution in [0, 0.1) is 6.92 Å². The molecule has 0 aliphatic rings. The molecule has 2 aromatic carbocycles. The van der Waals surface area contributed by atoms with E-state index in [1.807, 2.05) is 31.2 Å². The van der Waals surface area contributed by atoms with Crippen molar-refractivity contribution in [3.05, 3.63) is 65.0 Å². The lowest BCUT2D eigenvalue weighted by molar-refractivity contribution is 0.0907. The Kier molecular flexibility index (Phi) is 7.75. The van der Waals surface area contributed by atoms with E-state index in [9.17, 15) is 9.90 Å². The molecule has 1 heterocycles. The van der Waals surface area contributed by atoms with Gasteiger partial charge in [0.1, 0.15) is 5.75 Å². The number of rotatable bonds is 10. The molecule has 164 valence electrons. The van der Waals surface area contributed by atoms with Gasteiger partial charge in [-0.25, -0.2) is 0 Å². The summed E-state index contributed by atoms with van der Waals surface area (Å²) in [4.78, 5) is 12.7. The third kappa shape index (κ3) is 5.90. The van der Waals surface area contributed by atoms with E-state index in [1.54, 1.807) is 25.1 Å². The van der Waals surface area contributed by atoms with Crippen LogP contribution in [-0.4, -0.2) is 40.5 Å². The van der Waals surface area contributed by atoms with E-state index < -0.39 is 6.10 Å². The van der Waals surface area contributed by atoms with Crippen LogP contribution in [0.5, 0.6) is 5.75 Å². The number of hydrogen-bond acceptors (Lipinski definition) is 7. The minimum atomic E-state index is -0.675. The largest absolute Gasteiger partial charge is 0.493 e. The fourth-order valence-electron chi connectivity index (χ4n) is 3.26. The third-order valence-electron chi connectivity index (χ3n) is 4.88. The Balaban J connectivity index is 1.61. The predicted molar refractivity (Wildman–Crippen MR) is 117 cm³/mol. The summed E-state index contributed by atoms with van der Waals surface area (Å²) in [5, 5.41) is 20.9. The molecule has 0 fully saturated rings. The number of amides is 1. The molecule has 0 saturated carbocycles. The highest BCUT2D eigenvalue weighted by atomic mass is 16.5. The van der Waals surface area contributed by atoms with Crippen molar-refractivity contribution in [1.29, 1.82) is 0 Å². The Morgan fingerprint density at radius 2 is 2.00 bits per heavy atom. The van der Waals surface area contributed by atoms with Crippen LogP contribution >= 0.6 is 0 Å². The Morgan fingerprint density at radius 1 is 1.23 bits per heavy atom. The van der Waals surface area contributed by atoms with Gasteiger partial charge in [0.25, 0.3) is 5.91 Å². The average Bonchev–Trinajstić information content (AvgIpc) is 3.22. The first kappa shape index (κ1) is 22.5. The van der Waals surface area contributed by atoms with E-state index in [4.69, 9.17) is 14.9 Å². The summed E-state index contributed by atoms with van der Waals surface area (Å²) in [6, 6.07) is 13.0. The number of benzene rings is 2. The molecule has 8 nitrogen and oxygen atoms in total. The van der Waals surface area contributed by atoms with Crippen LogP contribution in [0.3, 0.4) is 0 Å². The highest BCUT2D eigenvalue weighted by Crippen LogP contribution is 2.27. The summed E-state index contributed by atoms with van der Waals surface area (Å²) in [5.74, 6) is 0.911. The first-order valence-corrected chi connectivity index (χ1v) is 10.3. The third-order valence-corrected chi connectivity index (χ3v) is 4.88. The standard InChI is InChI=1S/C23H28N4O4/c1-3-30-21-12-17(23-27-26-15(2)31-23)9-11-20(21)22(29)25-14-19(28)10-8-16-6-4-5-7-18(16)13-24/h4-7,9,11-12,19,28H,3,8,10,13-14,24H2,1-2H3,(H,25,29)/t19-/m0/s1. The smallest absolute Gasteiger partial charge is 0.255 e. The molecule has 0 spiro atoms. The molecule has 3 aromatic rings. The summed E-state index contributed by atoms with van der Waals surface area (Å²) in [7, 11) is 0. The summed E-state index contributed by atoms with van der Waals surface area (Å²) in [6.07, 6.45) is 0.531. The Labute approximate surface area is 181 Å². The number of ether oxygens (including phenoxy) is 1. The van der Waals surface area contributed by atoms with Gasteiger partial charge >= 0.3 is 0 Å². The maximum Gasteiger partial charge on any atom is 0.255 e. The van der Waals surface area contributed by atoms with E-state index in [0.717, 1.165) is 11.1 Å². The van der Waals surface area contributed by atoms with Crippen LogP contribution < -0.4 is 15.8 Å². The van der Waals surface area contributed by atoms with Gasteiger partial charge in [0.15, 0.2) is 0 Å². The lowest BCUT2D eigenvalue weighted by Gasteiger charge is -2.15. The number of aliphatic hydroxyl groups excluding tert-OH is 1. The summed E-state index contributed by atoms with van der Waals surface area (Å²) < 4.78 is 11.1. The lowest BCUT2D eigenvalue weighted by atomic mass is 10.0. The second-order valence-corrected chi connectivity index (χ2v) is 7.15. The van der Waals surface area contributed by atoms with Crippen molar-refractivity contribution in [2.45, 2.75) is 39.3 Å². The van der Waals surface area contributed by atoms with Gasteiger partial charge in [-0.1, -0.05) is 24.3 Å². The maximum atomic E-state index is 12.7. The maximum absolute atomic E-state index is 12.7. The van der Waals surface area contributed by atoms with Gasteiger partial charge in [0.2, 0.25) is 11.8 Å². The van der Waals surface area contributed by atoms with E-state index in [0.29, 0.717) is 54.7 Å². The fraction of sp³-hybridized carbons (Fsp3) is 0.348. The minimum Gasteiger partial charge on any atom is -0.493 e. The first-order valence-electron chi connectivity index (χ1n) is 10.3. The predicted octanol–water partition coefficient (Wildman–Crippen LogP) is 2.63. The number of aromatic nitrogens is 2. The number of aryl methyl sites for hydroxylation is 2. The molecule has 8 heteroatoms. The van der Waals surface area contributed by atoms with E-state index in [2.05, 4.69) is 15.5 Å². The Bertz CT molecular complexity index is 1020. The molecule has 3 rings (SSSR count). The first-order chi connectivity index (χ1) is 15.0. The Hall–Kier alpha value is -3.23. The van der Waals surface area contributed by atoms with Crippen LogP contribution in [-0.2, 0) is 13.0 Å². The van der Waals surface area contributed by atoms with Gasteiger partial charge in [0, 0.05) is 25.6 Å². The van der Waals surface area contributed by atoms with Crippen molar-refractivity contribution in [3.63, 3.8) is 0 Å². The molecular weight excluding hydrogens is 396 g/mol. The van der Waals surface area contributed by atoms with E-state index >= 15 is 0 Å². The van der Waals surface area contributed by atoms with Crippen LogP contribution in [0.15, 0.2) is 46.9 Å². The van der Waals surface area contributed by atoms with Crippen molar-refractivity contribution in [2.24, 2.45) is 5.73 Å². The van der Waals surface area contributed by atoms with Gasteiger partial charge in [-0.05, 0) is 49.1 Å². The SMILES string of the molecule is CCOc1cc(-c2nnc(C)o2)ccc1C(=O)NC[C@@H](O)CCc1ccccc1CN. The summed E-state index contributed by atoms with van der Waals surface area (Å²) in [5.41, 5.74) is 8.98. The van der Waals surface area contributed by atoms with Gasteiger partial charge in [-0.2, -0.15) is 0 Å². The number of nitrogens with two attached hydrogens (primary N) is 1. The number of carbonyl (C=O) groups excluding carboxylic acids is 1. The summed E-state index contributed by atoms with van der Waals surface area (Å²) >= 11 is 0. The quantitative estimate of drug-likeness (QED) is 0.457. The van der Waals surface area contributed by atoms with Crippen LogP contribution in [0.25, 0.3) is 11.5 Å². The number of hydrogen-bond donors (Lipinski definition) is 3. The molecule has 0 bridgehead atoms. The Morgan fingerprint density at radius 3 is 2.68 bits per heavy atom. The van der Waals surface area contributed by atoms with E-state index in [1.165, 1.54) is 0 Å². The van der Waals surface area contributed by atoms with Gasteiger partial charge in [-0.15, -0.1) is 10.2 Å². The van der Waals surface area contributed by atoms with Crippen molar-refractivity contribution < 1.29 is 19.1 Å². The van der Waals surface area contributed by atoms with Gasteiger partial charge in [-0.3, -0.25) is 4.79 Å². The normalized spacial score (nSPS) is 11.9. The number of carbonyl (C=O) groups is 1. The zero-order valence-corrected chi connectivity index (χ0v) is 17.8. The van der Waals surface area contributed by atoms with Crippen LogP contribution in [0.2, 0.25) is 0 Å². The molecule has 4 N–H and O–H groups in total. The second-order valence-electron chi connectivity index (χ2n) is 7.15. The summed E-state index contributed by atoms with van der Waals surface area (Å²) in [6.45, 7) is 4.55. The zero-order chi connectivity index (χ0) is 22.2. The highest BCUT2D eigenvalue weighted by molar-refractivity contribution is 5.97. The van der Waals surface area contributed by atoms with E-state index in [-0.39, 0.29) is 12.5 Å². The molecule has 0 radical (unpaired) electrons. The van der Waals surface area contributed by atoms with Crippen molar-refractivity contribution in [3.8, 4) is 17.2 Å². The fourth-order valence-corrected chi connectivity index (χ4v) is 3.26. The molecule has 0 unspecified atom stereocenters. The monoisotopic (exact) mass is 424 g/mol. The topological polar surface area (TPSA) is 124 Å².